The van der Waals surface area contributed by atoms with Crippen LogP contribution in [0.4, 0.5) is 18.3 Å². The molecule has 0 unspecified atom stereocenters. The van der Waals surface area contributed by atoms with E-state index in [1.54, 1.807) is 12.1 Å². The van der Waals surface area contributed by atoms with Gasteiger partial charge >= 0.3 is 5.51 Å². The molecule has 0 atom stereocenters. The van der Waals surface area contributed by atoms with Crippen molar-refractivity contribution in [3.8, 4) is 0 Å². The molecule has 0 aliphatic carbocycles. The first-order valence-corrected chi connectivity index (χ1v) is 7.13. The van der Waals surface area contributed by atoms with E-state index in [1.165, 1.54) is 11.3 Å². The molecule has 1 aromatic carbocycles. The van der Waals surface area contributed by atoms with Gasteiger partial charge in [-0.05, 0) is 30.0 Å². The molecule has 2 rings (SSSR count). The number of benzene rings is 1. The molecule has 8 heteroatoms. The fourth-order valence-corrected chi connectivity index (χ4v) is 2.77. The molecular weight excluding hydrogens is 305 g/mol. The van der Waals surface area contributed by atoms with Crippen molar-refractivity contribution in [3.05, 3.63) is 23.2 Å². The number of aromatic nitrogens is 1. The van der Waals surface area contributed by atoms with E-state index in [2.05, 4.69) is 10.3 Å². The Morgan fingerprint density at radius 1 is 1.39 bits per heavy atom. The van der Waals surface area contributed by atoms with E-state index in [-0.39, 0.29) is 24.1 Å². The maximum absolute atomic E-state index is 11.9. The van der Waals surface area contributed by atoms with Crippen molar-refractivity contribution in [2.75, 3.05) is 17.6 Å². The van der Waals surface area contributed by atoms with Crippen LogP contribution in [0, 0.1) is 0 Å². The standard InChI is InChI=1S/C10H8ClF3N2S2/c11-6-1-2-8-7(5-6)16-9(18-8)15-3-4-17-10(12,13)14/h1-2,5H,3-4H2,(H,15,16). The second kappa shape index (κ2) is 5.54. The maximum atomic E-state index is 11.9. The summed E-state index contributed by atoms with van der Waals surface area (Å²) in [7, 11) is 0. The number of thioether (sulfide) groups is 1. The number of halogens is 4. The maximum Gasteiger partial charge on any atom is 0.441 e. The van der Waals surface area contributed by atoms with Crippen LogP contribution in [-0.4, -0.2) is 22.8 Å². The molecule has 1 heterocycles. The summed E-state index contributed by atoms with van der Waals surface area (Å²) in [6, 6.07) is 5.32. The van der Waals surface area contributed by atoms with Crippen LogP contribution in [0.1, 0.15) is 0 Å². The van der Waals surface area contributed by atoms with E-state index in [0.29, 0.717) is 10.2 Å². The van der Waals surface area contributed by atoms with Crippen molar-refractivity contribution < 1.29 is 13.2 Å². The third kappa shape index (κ3) is 3.93. The van der Waals surface area contributed by atoms with Crippen LogP contribution in [-0.2, 0) is 0 Å². The van der Waals surface area contributed by atoms with Gasteiger partial charge in [-0.25, -0.2) is 4.98 Å². The number of hydrogen-bond donors (Lipinski definition) is 1. The molecule has 98 valence electrons. The van der Waals surface area contributed by atoms with E-state index in [0.717, 1.165) is 10.2 Å². The normalized spacial score (nSPS) is 12.0. The van der Waals surface area contributed by atoms with Crippen molar-refractivity contribution in [2.24, 2.45) is 0 Å². The molecule has 0 aliphatic heterocycles. The second-order valence-electron chi connectivity index (χ2n) is 3.35. The number of hydrogen-bond acceptors (Lipinski definition) is 4. The van der Waals surface area contributed by atoms with Crippen molar-refractivity contribution in [1.82, 2.24) is 4.98 Å². The molecule has 1 aromatic heterocycles. The van der Waals surface area contributed by atoms with Crippen molar-refractivity contribution in [3.63, 3.8) is 0 Å². The summed E-state index contributed by atoms with van der Waals surface area (Å²) >= 11 is 7.17. The van der Waals surface area contributed by atoms with Gasteiger partial charge in [0.25, 0.3) is 0 Å². The van der Waals surface area contributed by atoms with Gasteiger partial charge in [-0.3, -0.25) is 0 Å². The van der Waals surface area contributed by atoms with Gasteiger partial charge in [0.1, 0.15) is 0 Å². The van der Waals surface area contributed by atoms with Gasteiger partial charge in [-0.2, -0.15) is 13.2 Å². The van der Waals surface area contributed by atoms with E-state index < -0.39 is 5.51 Å². The fourth-order valence-electron chi connectivity index (χ4n) is 1.30. The third-order valence-electron chi connectivity index (χ3n) is 1.99. The fraction of sp³-hybridized carbons (Fsp3) is 0.300. The number of thiazole rings is 1. The lowest BCUT2D eigenvalue weighted by Crippen LogP contribution is -2.09. The Kier molecular flexibility index (Phi) is 4.24. The summed E-state index contributed by atoms with van der Waals surface area (Å²) in [5.41, 5.74) is -3.43. The van der Waals surface area contributed by atoms with E-state index >= 15 is 0 Å². The summed E-state index contributed by atoms with van der Waals surface area (Å²) in [5, 5.41) is 4.07. The van der Waals surface area contributed by atoms with E-state index in [4.69, 9.17) is 11.6 Å². The zero-order chi connectivity index (χ0) is 13.2. The predicted octanol–water partition coefficient (Wildman–Crippen LogP) is 4.61. The average Bonchev–Trinajstić information content (AvgIpc) is 2.65. The summed E-state index contributed by atoms with van der Waals surface area (Å²) < 4.78 is 36.7. The molecule has 0 bridgehead atoms. The van der Waals surface area contributed by atoms with E-state index in [1.807, 2.05) is 6.07 Å². The molecule has 0 spiro atoms. The SMILES string of the molecule is FC(F)(F)SCCNc1nc2cc(Cl)ccc2s1. The lowest BCUT2D eigenvalue weighted by Gasteiger charge is -2.05. The van der Waals surface area contributed by atoms with Gasteiger partial charge in [0.05, 0.1) is 10.2 Å². The molecule has 0 aliphatic rings. The predicted molar refractivity (Wildman–Crippen MR) is 71.6 cm³/mol. The monoisotopic (exact) mass is 312 g/mol. The zero-order valence-corrected chi connectivity index (χ0v) is 11.3. The molecule has 0 saturated carbocycles. The van der Waals surface area contributed by atoms with Crippen LogP contribution in [0.5, 0.6) is 0 Å². The Labute approximate surface area is 115 Å². The first kappa shape index (κ1) is 13.8. The van der Waals surface area contributed by atoms with Crippen LogP contribution in [0.15, 0.2) is 18.2 Å². The topological polar surface area (TPSA) is 24.9 Å². The Balaban J connectivity index is 1.92. The minimum absolute atomic E-state index is 0.0415. The number of alkyl halides is 3. The number of anilines is 1. The molecule has 2 aromatic rings. The molecule has 0 saturated heterocycles. The van der Waals surface area contributed by atoms with Crippen LogP contribution in [0.25, 0.3) is 10.2 Å². The summed E-state index contributed by atoms with van der Waals surface area (Å²) in [6.07, 6.45) is 0. The lowest BCUT2D eigenvalue weighted by molar-refractivity contribution is -0.0327. The Morgan fingerprint density at radius 2 is 2.17 bits per heavy atom. The molecule has 0 amide bonds. The number of nitrogens with one attached hydrogen (secondary N) is 1. The van der Waals surface area contributed by atoms with Crippen LogP contribution in [0.3, 0.4) is 0 Å². The highest BCUT2D eigenvalue weighted by molar-refractivity contribution is 8.00. The zero-order valence-electron chi connectivity index (χ0n) is 8.92. The molecule has 0 radical (unpaired) electrons. The number of rotatable bonds is 4. The molecule has 0 fully saturated rings. The number of fused-ring (bicyclic) bond motifs is 1. The first-order chi connectivity index (χ1) is 8.44. The van der Waals surface area contributed by atoms with Crippen LogP contribution in [0.2, 0.25) is 5.02 Å². The molecule has 1 N–H and O–H groups in total. The van der Waals surface area contributed by atoms with Crippen LogP contribution >= 0.6 is 34.7 Å². The Hall–Kier alpha value is -0.660. The van der Waals surface area contributed by atoms with Crippen molar-refractivity contribution in [1.29, 1.82) is 0 Å². The van der Waals surface area contributed by atoms with Gasteiger partial charge in [0.2, 0.25) is 0 Å². The first-order valence-electron chi connectivity index (χ1n) is 4.95. The summed E-state index contributed by atoms with van der Waals surface area (Å²) in [6.45, 7) is 0.220. The highest BCUT2D eigenvalue weighted by Crippen LogP contribution is 2.30. The van der Waals surface area contributed by atoms with Gasteiger partial charge in [-0.15, -0.1) is 0 Å². The van der Waals surface area contributed by atoms with Crippen molar-refractivity contribution in [2.45, 2.75) is 5.51 Å². The number of nitrogens with zero attached hydrogens (tertiary/aromatic N) is 1. The molecule has 18 heavy (non-hydrogen) atoms. The largest absolute Gasteiger partial charge is 0.441 e. The quantitative estimate of drug-likeness (QED) is 0.834. The molecule has 2 nitrogen and oxygen atoms in total. The highest BCUT2D eigenvalue weighted by atomic mass is 35.5. The van der Waals surface area contributed by atoms with Gasteiger partial charge in [-0.1, -0.05) is 22.9 Å². The third-order valence-corrected chi connectivity index (χ3v) is 3.96. The second-order valence-corrected chi connectivity index (χ2v) is 5.98. The van der Waals surface area contributed by atoms with Gasteiger partial charge in [0.15, 0.2) is 5.13 Å². The van der Waals surface area contributed by atoms with Gasteiger partial charge in [0, 0.05) is 17.3 Å². The molecular formula is C10H8ClF3N2S2. The van der Waals surface area contributed by atoms with Crippen LogP contribution < -0.4 is 5.32 Å². The minimum atomic E-state index is -4.18. The summed E-state index contributed by atoms with van der Waals surface area (Å²) in [5.74, 6) is -0.0415. The minimum Gasteiger partial charge on any atom is -0.361 e. The Bertz CT molecular complexity index is 541. The smallest absolute Gasteiger partial charge is 0.361 e. The lowest BCUT2D eigenvalue weighted by atomic mass is 10.3. The van der Waals surface area contributed by atoms with Gasteiger partial charge < -0.3 is 5.32 Å². The van der Waals surface area contributed by atoms with E-state index in [9.17, 15) is 13.2 Å². The summed E-state index contributed by atoms with van der Waals surface area (Å²) in [4.78, 5) is 4.24. The Morgan fingerprint density at radius 3 is 2.89 bits per heavy atom. The average molecular weight is 313 g/mol. The van der Waals surface area contributed by atoms with Crippen molar-refractivity contribution >= 4 is 50.0 Å². The highest BCUT2D eigenvalue weighted by Gasteiger charge is 2.27.